The molecule has 7 N–H and O–H groups in total. The number of hydrogen-bond donors (Lipinski definition) is 8. The minimum atomic E-state index is -1.27. The summed E-state index contributed by atoms with van der Waals surface area (Å²) < 4.78 is 0. The third-order valence-corrected chi connectivity index (χ3v) is 4.77. The summed E-state index contributed by atoms with van der Waals surface area (Å²) in [5.41, 5.74) is 6.20. The highest BCUT2D eigenvalue weighted by atomic mass is 32.1. The van der Waals surface area contributed by atoms with E-state index in [1.54, 1.807) is 12.1 Å². The molecule has 3 amide bonds. The molecule has 30 heavy (non-hydrogen) atoms. The largest absolute Gasteiger partial charge is 0.508 e. The van der Waals surface area contributed by atoms with Crippen LogP contribution in [0.4, 0.5) is 0 Å². The molecule has 0 saturated heterocycles. The molecule has 4 atom stereocenters. The Morgan fingerprint density at radius 2 is 1.37 bits per heavy atom. The maximum atomic E-state index is 12.8. The molecule has 0 heterocycles. The van der Waals surface area contributed by atoms with E-state index in [1.165, 1.54) is 19.1 Å². The number of nitrogens with two attached hydrogens (primary N) is 1. The molecule has 0 fully saturated rings. The zero-order valence-electron chi connectivity index (χ0n) is 16.2. The molecule has 1 rings (SSSR count). The molecule has 4 unspecified atom stereocenters. The van der Waals surface area contributed by atoms with Gasteiger partial charge in [0.2, 0.25) is 17.7 Å². The van der Waals surface area contributed by atoms with Crippen molar-refractivity contribution in [2.24, 2.45) is 5.73 Å². The van der Waals surface area contributed by atoms with Gasteiger partial charge in [-0.2, -0.15) is 25.3 Å². The Morgan fingerprint density at radius 1 is 0.900 bits per heavy atom. The fourth-order valence-electron chi connectivity index (χ4n) is 2.30. The number of amides is 3. The first kappa shape index (κ1) is 25.6. The predicted octanol–water partition coefficient (Wildman–Crippen LogP) is -1.32. The maximum Gasteiger partial charge on any atom is 0.327 e. The summed E-state index contributed by atoms with van der Waals surface area (Å²) in [7, 11) is 0. The normalized spacial score (nSPS) is 14.7. The second-order valence-corrected chi connectivity index (χ2v) is 7.28. The Labute approximate surface area is 184 Å². The summed E-state index contributed by atoms with van der Waals surface area (Å²) in [6.45, 7) is 1.46. The summed E-state index contributed by atoms with van der Waals surface area (Å²) >= 11 is 7.91. The number of hydrogen-bond acceptors (Lipinski definition) is 8. The first-order valence-corrected chi connectivity index (χ1v) is 10.2. The minimum absolute atomic E-state index is 0.0448. The van der Waals surface area contributed by atoms with E-state index in [0.29, 0.717) is 5.56 Å². The second kappa shape index (κ2) is 12.3. The van der Waals surface area contributed by atoms with Crippen LogP contribution >= 0.6 is 25.3 Å². The van der Waals surface area contributed by atoms with E-state index in [4.69, 9.17) is 10.8 Å². The first-order valence-electron chi connectivity index (χ1n) is 8.98. The van der Waals surface area contributed by atoms with E-state index >= 15 is 0 Å². The Kier molecular flexibility index (Phi) is 10.5. The number of phenols is 1. The van der Waals surface area contributed by atoms with Gasteiger partial charge in [0.1, 0.15) is 23.9 Å². The van der Waals surface area contributed by atoms with Gasteiger partial charge >= 0.3 is 5.97 Å². The van der Waals surface area contributed by atoms with Gasteiger partial charge in [0.05, 0.1) is 6.04 Å². The molecule has 0 aliphatic heterocycles. The molecule has 12 heteroatoms. The number of benzene rings is 1. The first-order chi connectivity index (χ1) is 14.1. The lowest BCUT2D eigenvalue weighted by Crippen LogP contribution is -2.58. The van der Waals surface area contributed by atoms with E-state index in [0.717, 1.165) is 0 Å². The lowest BCUT2D eigenvalue weighted by atomic mass is 10.0. The van der Waals surface area contributed by atoms with Crippen LogP contribution < -0.4 is 21.7 Å². The van der Waals surface area contributed by atoms with Crippen molar-refractivity contribution < 1.29 is 29.4 Å². The molecule has 0 aliphatic carbocycles. The highest BCUT2D eigenvalue weighted by molar-refractivity contribution is 7.80. The van der Waals surface area contributed by atoms with Crippen molar-refractivity contribution in [1.82, 2.24) is 16.0 Å². The third kappa shape index (κ3) is 8.13. The van der Waals surface area contributed by atoms with Gasteiger partial charge in [-0.05, 0) is 24.6 Å². The van der Waals surface area contributed by atoms with Gasteiger partial charge in [-0.15, -0.1) is 0 Å². The van der Waals surface area contributed by atoms with Crippen molar-refractivity contribution >= 4 is 48.9 Å². The summed E-state index contributed by atoms with van der Waals surface area (Å²) in [4.78, 5) is 48.2. The maximum absolute atomic E-state index is 12.8. The predicted molar refractivity (Wildman–Crippen MR) is 117 cm³/mol. The van der Waals surface area contributed by atoms with Crippen molar-refractivity contribution in [3.8, 4) is 5.75 Å². The molecule has 1 aromatic carbocycles. The average Bonchev–Trinajstić information content (AvgIpc) is 2.70. The van der Waals surface area contributed by atoms with Gasteiger partial charge in [-0.3, -0.25) is 14.4 Å². The zero-order valence-corrected chi connectivity index (χ0v) is 18.0. The van der Waals surface area contributed by atoms with Crippen LogP contribution in [0.25, 0.3) is 0 Å². The summed E-state index contributed by atoms with van der Waals surface area (Å²) in [5, 5.41) is 25.7. The van der Waals surface area contributed by atoms with Gasteiger partial charge in [-0.25, -0.2) is 4.79 Å². The van der Waals surface area contributed by atoms with Crippen LogP contribution in [0, 0.1) is 0 Å². The Balaban J connectivity index is 2.94. The van der Waals surface area contributed by atoms with Crippen molar-refractivity contribution in [2.75, 3.05) is 11.5 Å². The van der Waals surface area contributed by atoms with E-state index in [1.807, 2.05) is 0 Å². The number of phenolic OH excluding ortho intramolecular Hbond substituents is 1. The Morgan fingerprint density at radius 3 is 1.83 bits per heavy atom. The van der Waals surface area contributed by atoms with Crippen LogP contribution in [-0.2, 0) is 25.6 Å². The number of carbonyl (C=O) groups excluding carboxylic acids is 3. The number of aromatic hydroxyl groups is 1. The highest BCUT2D eigenvalue weighted by Gasteiger charge is 2.29. The molecule has 0 aromatic heterocycles. The average molecular weight is 459 g/mol. The van der Waals surface area contributed by atoms with Crippen molar-refractivity contribution in [3.63, 3.8) is 0 Å². The molecule has 0 saturated carbocycles. The number of carboxylic acids is 1. The third-order valence-electron chi connectivity index (χ3n) is 4.04. The van der Waals surface area contributed by atoms with Crippen molar-refractivity contribution in [2.45, 2.75) is 37.5 Å². The highest BCUT2D eigenvalue weighted by Crippen LogP contribution is 2.12. The number of thiol groups is 2. The van der Waals surface area contributed by atoms with Crippen LogP contribution in [0.5, 0.6) is 5.75 Å². The standard InChI is InChI=1S/C18H26N4O6S2/c1-9(19)15(24)20-12(6-10-2-4-11(23)5-3-10)16(25)21-13(7-29)17(26)22-14(8-30)18(27)28/h2-5,9,12-14,23,29-30H,6-8,19H2,1H3,(H,20,24)(H,21,25)(H,22,26)(H,27,28). The van der Waals surface area contributed by atoms with Gasteiger partial charge in [0, 0.05) is 17.9 Å². The van der Waals surface area contributed by atoms with E-state index in [2.05, 4.69) is 41.2 Å². The van der Waals surface area contributed by atoms with Crippen LogP contribution in [0.1, 0.15) is 12.5 Å². The topological polar surface area (TPSA) is 171 Å². The van der Waals surface area contributed by atoms with Crippen LogP contribution in [-0.4, -0.2) is 69.6 Å². The molecule has 1 aromatic rings. The molecule has 10 nitrogen and oxygen atoms in total. The monoisotopic (exact) mass is 458 g/mol. The molecular weight excluding hydrogens is 432 g/mol. The van der Waals surface area contributed by atoms with E-state index in [9.17, 15) is 24.3 Å². The van der Waals surface area contributed by atoms with Crippen molar-refractivity contribution in [3.05, 3.63) is 29.8 Å². The molecule has 166 valence electrons. The van der Waals surface area contributed by atoms with Gasteiger partial charge < -0.3 is 31.9 Å². The fourth-order valence-corrected chi connectivity index (χ4v) is 2.81. The quantitative estimate of drug-likeness (QED) is 0.190. The van der Waals surface area contributed by atoms with Crippen molar-refractivity contribution in [1.29, 1.82) is 0 Å². The Hall–Kier alpha value is -2.44. The fraction of sp³-hybridized carbons (Fsp3) is 0.444. The number of carbonyl (C=O) groups is 4. The molecule has 0 spiro atoms. The number of nitrogens with one attached hydrogen (secondary N) is 3. The summed E-state index contributed by atoms with van der Waals surface area (Å²) in [5.74, 6) is -3.46. The number of carboxylic acid groups (broad SMARTS) is 1. The van der Waals surface area contributed by atoms with Crippen LogP contribution in [0.3, 0.4) is 0 Å². The molecular formula is C18H26N4O6S2. The number of rotatable bonds is 11. The van der Waals surface area contributed by atoms with E-state index < -0.39 is 47.9 Å². The SMILES string of the molecule is CC(N)C(=O)NC(Cc1ccc(O)cc1)C(=O)NC(CS)C(=O)NC(CS)C(=O)O. The van der Waals surface area contributed by atoms with Gasteiger partial charge in [0.15, 0.2) is 0 Å². The lowest BCUT2D eigenvalue weighted by molar-refractivity contribution is -0.141. The summed E-state index contributed by atoms with van der Waals surface area (Å²) in [6.07, 6.45) is 0.0693. The molecule has 0 radical (unpaired) electrons. The van der Waals surface area contributed by atoms with Gasteiger partial charge in [0.25, 0.3) is 0 Å². The Bertz CT molecular complexity index is 760. The number of aliphatic carboxylic acids is 1. The lowest BCUT2D eigenvalue weighted by Gasteiger charge is -2.24. The van der Waals surface area contributed by atoms with Crippen LogP contribution in [0.2, 0.25) is 0 Å². The van der Waals surface area contributed by atoms with Gasteiger partial charge in [-0.1, -0.05) is 12.1 Å². The van der Waals surface area contributed by atoms with E-state index in [-0.39, 0.29) is 23.7 Å². The second-order valence-electron chi connectivity index (χ2n) is 6.55. The molecule has 0 aliphatic rings. The minimum Gasteiger partial charge on any atom is -0.508 e. The smallest absolute Gasteiger partial charge is 0.327 e. The molecule has 0 bridgehead atoms. The summed E-state index contributed by atoms with van der Waals surface area (Å²) in [6, 6.07) is 1.74. The van der Waals surface area contributed by atoms with Crippen LogP contribution in [0.15, 0.2) is 24.3 Å². The zero-order chi connectivity index (χ0) is 22.8.